The van der Waals surface area contributed by atoms with Crippen molar-refractivity contribution in [2.45, 2.75) is 53.8 Å². The molecule has 0 aliphatic carbocycles. The van der Waals surface area contributed by atoms with E-state index in [4.69, 9.17) is 4.99 Å². The Labute approximate surface area is 189 Å². The van der Waals surface area contributed by atoms with Gasteiger partial charge in [-0.25, -0.2) is 4.99 Å². The van der Waals surface area contributed by atoms with E-state index in [2.05, 4.69) is 79.3 Å². The highest BCUT2D eigenvalue weighted by atomic mass is 127. The number of piperazine rings is 1. The topological polar surface area (TPSA) is 42.9 Å². The summed E-state index contributed by atoms with van der Waals surface area (Å²) in [5, 5.41) is 6.90. The van der Waals surface area contributed by atoms with E-state index in [1.165, 1.54) is 24.2 Å². The summed E-state index contributed by atoms with van der Waals surface area (Å²) in [6.07, 6.45) is 0. The standard InChI is InChI=1S/C22H39N5.HI/c1-6-23-22(25-19(5)18(3)4)24-16-20-10-8-9-11-21(20)17-27-14-12-26(7-2)13-15-27;/h8-11,18-19H,6-7,12-17H2,1-5H3,(H2,23,24,25);1H. The van der Waals surface area contributed by atoms with Gasteiger partial charge in [-0.1, -0.05) is 45.0 Å². The van der Waals surface area contributed by atoms with E-state index in [1.807, 2.05) is 0 Å². The highest BCUT2D eigenvalue weighted by Crippen LogP contribution is 2.14. The second-order valence-electron chi connectivity index (χ2n) is 7.85. The minimum atomic E-state index is 0. The number of benzene rings is 1. The zero-order valence-corrected chi connectivity index (χ0v) is 20.7. The molecule has 1 fully saturated rings. The summed E-state index contributed by atoms with van der Waals surface area (Å²) in [4.78, 5) is 9.95. The molecule has 5 nitrogen and oxygen atoms in total. The molecular weight excluding hydrogens is 461 g/mol. The van der Waals surface area contributed by atoms with Gasteiger partial charge in [-0.15, -0.1) is 24.0 Å². The molecule has 0 saturated carbocycles. The Morgan fingerprint density at radius 3 is 2.18 bits per heavy atom. The first-order valence-electron chi connectivity index (χ1n) is 10.6. The second kappa shape index (κ2) is 13.4. The number of nitrogens with zero attached hydrogens (tertiary/aromatic N) is 3. The van der Waals surface area contributed by atoms with Crippen LogP contribution in [-0.4, -0.2) is 61.1 Å². The smallest absolute Gasteiger partial charge is 0.191 e. The summed E-state index contributed by atoms with van der Waals surface area (Å²) in [6.45, 7) is 19.5. The number of likely N-dealkylation sites (N-methyl/N-ethyl adjacent to an activating group) is 1. The number of halogens is 1. The Morgan fingerprint density at radius 1 is 1.00 bits per heavy atom. The van der Waals surface area contributed by atoms with Crippen LogP contribution in [0.5, 0.6) is 0 Å². The summed E-state index contributed by atoms with van der Waals surface area (Å²) in [6, 6.07) is 9.15. The summed E-state index contributed by atoms with van der Waals surface area (Å²) in [5.41, 5.74) is 2.73. The highest BCUT2D eigenvalue weighted by molar-refractivity contribution is 14.0. The predicted molar refractivity (Wildman–Crippen MR) is 131 cm³/mol. The molecule has 1 aliphatic rings. The van der Waals surface area contributed by atoms with Gasteiger partial charge in [0.1, 0.15) is 0 Å². The minimum Gasteiger partial charge on any atom is -0.357 e. The predicted octanol–water partition coefficient (Wildman–Crippen LogP) is 3.54. The van der Waals surface area contributed by atoms with Crippen LogP contribution in [0.1, 0.15) is 45.7 Å². The van der Waals surface area contributed by atoms with Crippen molar-refractivity contribution in [2.24, 2.45) is 10.9 Å². The van der Waals surface area contributed by atoms with Crippen LogP contribution in [0.4, 0.5) is 0 Å². The molecule has 0 spiro atoms. The number of nitrogens with one attached hydrogen (secondary N) is 2. The van der Waals surface area contributed by atoms with Crippen molar-refractivity contribution in [2.75, 3.05) is 39.3 Å². The molecule has 0 aromatic heterocycles. The maximum absolute atomic E-state index is 4.85. The lowest BCUT2D eigenvalue weighted by atomic mass is 10.1. The van der Waals surface area contributed by atoms with E-state index < -0.39 is 0 Å². The first kappa shape index (κ1) is 25.2. The maximum atomic E-state index is 4.85. The quantitative estimate of drug-likeness (QED) is 0.325. The van der Waals surface area contributed by atoms with Crippen molar-refractivity contribution in [1.29, 1.82) is 0 Å². The third-order valence-corrected chi connectivity index (χ3v) is 5.54. The Balaban J connectivity index is 0.00000392. The Kier molecular flexibility index (Phi) is 12.0. The largest absolute Gasteiger partial charge is 0.357 e. The van der Waals surface area contributed by atoms with Crippen molar-refractivity contribution in [1.82, 2.24) is 20.4 Å². The van der Waals surface area contributed by atoms with Gasteiger partial charge in [0, 0.05) is 45.3 Å². The van der Waals surface area contributed by atoms with E-state index in [-0.39, 0.29) is 24.0 Å². The van der Waals surface area contributed by atoms with Gasteiger partial charge in [-0.2, -0.15) is 0 Å². The fourth-order valence-corrected chi connectivity index (χ4v) is 3.24. The molecule has 1 aromatic carbocycles. The van der Waals surface area contributed by atoms with Gasteiger partial charge in [0.05, 0.1) is 6.54 Å². The van der Waals surface area contributed by atoms with Crippen LogP contribution in [-0.2, 0) is 13.1 Å². The van der Waals surface area contributed by atoms with Gasteiger partial charge in [-0.3, -0.25) is 4.90 Å². The van der Waals surface area contributed by atoms with Crippen LogP contribution < -0.4 is 10.6 Å². The molecule has 160 valence electrons. The third-order valence-electron chi connectivity index (χ3n) is 5.54. The zero-order chi connectivity index (χ0) is 19.6. The van der Waals surface area contributed by atoms with E-state index in [0.29, 0.717) is 18.5 Å². The SMILES string of the molecule is CCNC(=NCc1ccccc1CN1CCN(CC)CC1)NC(C)C(C)C.I. The van der Waals surface area contributed by atoms with E-state index in [9.17, 15) is 0 Å². The summed E-state index contributed by atoms with van der Waals surface area (Å²) < 4.78 is 0. The van der Waals surface area contributed by atoms with Crippen molar-refractivity contribution in [3.8, 4) is 0 Å². The lowest BCUT2D eigenvalue weighted by Gasteiger charge is -2.34. The van der Waals surface area contributed by atoms with E-state index in [0.717, 1.165) is 38.7 Å². The van der Waals surface area contributed by atoms with Crippen LogP contribution in [0.3, 0.4) is 0 Å². The molecule has 2 rings (SSSR count). The van der Waals surface area contributed by atoms with E-state index in [1.54, 1.807) is 0 Å². The minimum absolute atomic E-state index is 0. The van der Waals surface area contributed by atoms with Crippen molar-refractivity contribution >= 4 is 29.9 Å². The van der Waals surface area contributed by atoms with Crippen molar-refractivity contribution < 1.29 is 0 Å². The highest BCUT2D eigenvalue weighted by Gasteiger charge is 2.16. The van der Waals surface area contributed by atoms with Crippen LogP contribution in [0.2, 0.25) is 0 Å². The van der Waals surface area contributed by atoms with Gasteiger partial charge in [0.25, 0.3) is 0 Å². The van der Waals surface area contributed by atoms with Gasteiger partial charge in [0.2, 0.25) is 0 Å². The van der Waals surface area contributed by atoms with Gasteiger partial charge >= 0.3 is 0 Å². The van der Waals surface area contributed by atoms with Gasteiger partial charge in [0.15, 0.2) is 5.96 Å². The summed E-state index contributed by atoms with van der Waals surface area (Å²) in [7, 11) is 0. The Morgan fingerprint density at radius 2 is 1.61 bits per heavy atom. The normalized spacial score (nSPS) is 17.3. The number of aliphatic imine (C=N–C) groups is 1. The average Bonchev–Trinajstić information content (AvgIpc) is 2.67. The average molecular weight is 502 g/mol. The molecule has 0 amide bonds. The van der Waals surface area contributed by atoms with E-state index >= 15 is 0 Å². The molecule has 28 heavy (non-hydrogen) atoms. The Hall–Kier alpha value is -0.860. The first-order chi connectivity index (χ1) is 13.0. The molecule has 6 heteroatoms. The van der Waals surface area contributed by atoms with Crippen LogP contribution in [0.15, 0.2) is 29.3 Å². The summed E-state index contributed by atoms with van der Waals surface area (Å²) >= 11 is 0. The molecule has 0 bridgehead atoms. The number of rotatable bonds is 8. The molecule has 1 atom stereocenters. The second-order valence-corrected chi connectivity index (χ2v) is 7.85. The first-order valence-corrected chi connectivity index (χ1v) is 10.6. The lowest BCUT2D eigenvalue weighted by molar-refractivity contribution is 0.131. The molecule has 1 aromatic rings. The molecule has 0 radical (unpaired) electrons. The molecule has 2 N–H and O–H groups in total. The fourth-order valence-electron chi connectivity index (χ4n) is 3.24. The monoisotopic (exact) mass is 501 g/mol. The van der Waals surface area contributed by atoms with Crippen molar-refractivity contribution in [3.63, 3.8) is 0 Å². The van der Waals surface area contributed by atoms with Crippen molar-refractivity contribution in [3.05, 3.63) is 35.4 Å². The van der Waals surface area contributed by atoms with Crippen LogP contribution in [0, 0.1) is 5.92 Å². The number of hydrogen-bond acceptors (Lipinski definition) is 3. The molecular formula is C22H40IN5. The van der Waals surface area contributed by atoms with Crippen LogP contribution >= 0.6 is 24.0 Å². The fraction of sp³-hybridized carbons (Fsp3) is 0.682. The zero-order valence-electron chi connectivity index (χ0n) is 18.4. The Bertz CT molecular complexity index is 582. The van der Waals surface area contributed by atoms with Crippen LogP contribution in [0.25, 0.3) is 0 Å². The van der Waals surface area contributed by atoms with Gasteiger partial charge in [-0.05, 0) is 37.4 Å². The molecule has 1 aliphatic heterocycles. The number of guanidine groups is 1. The third kappa shape index (κ3) is 8.25. The van der Waals surface area contributed by atoms with Gasteiger partial charge < -0.3 is 15.5 Å². The molecule has 1 heterocycles. The molecule has 1 unspecified atom stereocenters. The maximum Gasteiger partial charge on any atom is 0.191 e. The lowest BCUT2D eigenvalue weighted by Crippen LogP contribution is -2.45. The number of hydrogen-bond donors (Lipinski definition) is 2. The summed E-state index contributed by atoms with van der Waals surface area (Å²) in [5.74, 6) is 1.48. The molecule has 1 saturated heterocycles.